The predicted molar refractivity (Wildman–Crippen MR) is 111 cm³/mol. The van der Waals surface area contributed by atoms with Crippen molar-refractivity contribution in [3.8, 4) is 5.75 Å². The Bertz CT molecular complexity index is 899. The van der Waals surface area contributed by atoms with Crippen LogP contribution < -0.4 is 20.7 Å². The average molecular weight is 437 g/mol. The molecule has 2 saturated heterocycles. The molecule has 2 fully saturated rings. The average Bonchev–Trinajstić information content (AvgIpc) is 2.71. The highest BCUT2D eigenvalue weighted by Gasteiger charge is 2.36. The van der Waals surface area contributed by atoms with Crippen molar-refractivity contribution < 1.29 is 22.6 Å². The second kappa shape index (κ2) is 8.88. The molecule has 0 bridgehead atoms. The lowest BCUT2D eigenvalue weighted by molar-refractivity contribution is -0.137. The summed E-state index contributed by atoms with van der Waals surface area (Å²) in [6.45, 7) is 5.40. The smallest absolute Gasteiger partial charge is 0.421 e. The minimum Gasteiger partial charge on any atom is -0.493 e. The molecule has 168 valence electrons. The quantitative estimate of drug-likeness (QED) is 0.608. The van der Waals surface area contributed by atoms with Crippen LogP contribution in [0.3, 0.4) is 0 Å². The first kappa shape index (κ1) is 21.6. The molecule has 7 nitrogen and oxygen atoms in total. The van der Waals surface area contributed by atoms with E-state index in [4.69, 9.17) is 9.47 Å². The van der Waals surface area contributed by atoms with E-state index in [9.17, 15) is 13.2 Å². The van der Waals surface area contributed by atoms with Gasteiger partial charge in [-0.05, 0) is 31.5 Å². The van der Waals surface area contributed by atoms with Crippen molar-refractivity contribution in [3.63, 3.8) is 0 Å². The highest BCUT2D eigenvalue weighted by atomic mass is 19.4. The monoisotopic (exact) mass is 437 g/mol. The van der Waals surface area contributed by atoms with Crippen LogP contribution in [0.1, 0.15) is 25.3 Å². The van der Waals surface area contributed by atoms with E-state index in [0.29, 0.717) is 37.8 Å². The number of hydrogen-bond donors (Lipinski definition) is 3. The SMILES string of the molecule is CC1(COc2cccc(Nc3ncc(C(F)(F)F)c(N[C@@H]4CCCNC4)n3)c2)COC1. The Morgan fingerprint density at radius 1 is 1.32 bits per heavy atom. The van der Waals surface area contributed by atoms with Gasteiger partial charge in [0, 0.05) is 36.0 Å². The Kier molecular flexibility index (Phi) is 6.19. The number of alkyl halides is 3. The Hall–Kier alpha value is -2.59. The van der Waals surface area contributed by atoms with Crippen LogP contribution in [0.15, 0.2) is 30.5 Å². The summed E-state index contributed by atoms with van der Waals surface area (Å²) in [7, 11) is 0. The van der Waals surface area contributed by atoms with Crippen LogP contribution in [-0.4, -0.2) is 48.9 Å². The standard InChI is InChI=1S/C21H26F3N5O2/c1-20(11-30-12-20)13-31-16-6-2-4-14(8-16)28-19-26-10-17(21(22,23)24)18(29-19)27-15-5-3-7-25-9-15/h2,4,6,8,10,15,25H,3,5,7,9,11-13H2,1H3,(H2,26,27,28,29)/t15-/m1/s1. The van der Waals surface area contributed by atoms with E-state index < -0.39 is 11.7 Å². The van der Waals surface area contributed by atoms with Gasteiger partial charge in [-0.15, -0.1) is 0 Å². The molecule has 31 heavy (non-hydrogen) atoms. The minimum absolute atomic E-state index is 0.00845. The molecular formula is C21H26F3N5O2. The number of piperidine rings is 1. The predicted octanol–water partition coefficient (Wildman–Crippen LogP) is 3.82. The molecule has 2 aliphatic heterocycles. The maximum absolute atomic E-state index is 13.4. The van der Waals surface area contributed by atoms with Gasteiger partial charge >= 0.3 is 6.18 Å². The van der Waals surface area contributed by atoms with Crippen molar-refractivity contribution in [2.75, 3.05) is 43.5 Å². The van der Waals surface area contributed by atoms with Gasteiger partial charge in [-0.2, -0.15) is 18.2 Å². The van der Waals surface area contributed by atoms with E-state index in [1.54, 1.807) is 18.2 Å². The lowest BCUT2D eigenvalue weighted by Gasteiger charge is -2.37. The number of rotatable bonds is 7. The highest BCUT2D eigenvalue weighted by Crippen LogP contribution is 2.35. The van der Waals surface area contributed by atoms with E-state index >= 15 is 0 Å². The molecule has 10 heteroatoms. The maximum atomic E-state index is 13.4. The van der Waals surface area contributed by atoms with E-state index in [0.717, 1.165) is 25.6 Å². The van der Waals surface area contributed by atoms with E-state index in [2.05, 4.69) is 32.8 Å². The normalized spacial score (nSPS) is 20.6. The summed E-state index contributed by atoms with van der Waals surface area (Å²) in [5.41, 5.74) is -0.247. The Morgan fingerprint density at radius 2 is 2.16 bits per heavy atom. The topological polar surface area (TPSA) is 80.3 Å². The fourth-order valence-electron chi connectivity index (χ4n) is 3.51. The molecule has 0 aliphatic carbocycles. The molecule has 2 aromatic rings. The molecule has 3 heterocycles. The Labute approximate surface area is 178 Å². The summed E-state index contributed by atoms with van der Waals surface area (Å²) in [5, 5.41) is 9.09. The Morgan fingerprint density at radius 3 is 2.84 bits per heavy atom. The van der Waals surface area contributed by atoms with Crippen LogP contribution in [0.4, 0.5) is 30.6 Å². The van der Waals surface area contributed by atoms with Gasteiger partial charge in [-0.3, -0.25) is 0 Å². The zero-order chi connectivity index (χ0) is 21.9. The molecular weight excluding hydrogens is 411 g/mol. The number of benzene rings is 1. The number of halogens is 3. The second-order valence-electron chi connectivity index (χ2n) is 8.39. The van der Waals surface area contributed by atoms with Gasteiger partial charge < -0.3 is 25.4 Å². The van der Waals surface area contributed by atoms with Crippen LogP contribution in [0.5, 0.6) is 5.75 Å². The lowest BCUT2D eigenvalue weighted by atomic mass is 9.90. The first-order valence-corrected chi connectivity index (χ1v) is 10.3. The van der Waals surface area contributed by atoms with E-state index in [1.165, 1.54) is 0 Å². The summed E-state index contributed by atoms with van der Waals surface area (Å²) >= 11 is 0. The number of nitrogens with zero attached hydrogens (tertiary/aromatic N) is 2. The summed E-state index contributed by atoms with van der Waals surface area (Å²) < 4.78 is 51.4. The van der Waals surface area contributed by atoms with E-state index in [1.807, 2.05) is 6.07 Å². The van der Waals surface area contributed by atoms with Crippen molar-refractivity contribution in [2.45, 2.75) is 32.0 Å². The Balaban J connectivity index is 1.48. The summed E-state index contributed by atoms with van der Waals surface area (Å²) in [6.07, 6.45) is -2.06. The second-order valence-corrected chi connectivity index (χ2v) is 8.39. The van der Waals surface area contributed by atoms with Crippen LogP contribution in [-0.2, 0) is 10.9 Å². The molecule has 0 saturated carbocycles. The molecule has 1 atom stereocenters. The largest absolute Gasteiger partial charge is 0.493 e. The minimum atomic E-state index is -4.54. The van der Waals surface area contributed by atoms with Gasteiger partial charge in [0.2, 0.25) is 5.95 Å². The third-order valence-corrected chi connectivity index (χ3v) is 5.31. The zero-order valence-electron chi connectivity index (χ0n) is 17.3. The van der Waals surface area contributed by atoms with Crippen molar-refractivity contribution in [3.05, 3.63) is 36.0 Å². The van der Waals surface area contributed by atoms with Gasteiger partial charge in [0.15, 0.2) is 0 Å². The summed E-state index contributed by atoms with van der Waals surface area (Å²) in [6, 6.07) is 7.05. The first-order chi connectivity index (χ1) is 14.8. The van der Waals surface area contributed by atoms with Crippen LogP contribution in [0, 0.1) is 5.41 Å². The third-order valence-electron chi connectivity index (χ3n) is 5.31. The van der Waals surface area contributed by atoms with Gasteiger partial charge in [-0.25, -0.2) is 4.98 Å². The van der Waals surface area contributed by atoms with Crippen LogP contribution in [0.25, 0.3) is 0 Å². The number of hydrogen-bond acceptors (Lipinski definition) is 7. The maximum Gasteiger partial charge on any atom is 0.421 e. The molecule has 3 N–H and O–H groups in total. The number of aromatic nitrogens is 2. The van der Waals surface area contributed by atoms with Gasteiger partial charge in [0.05, 0.1) is 19.8 Å². The molecule has 0 spiro atoms. The zero-order valence-corrected chi connectivity index (χ0v) is 17.3. The van der Waals surface area contributed by atoms with Crippen molar-refractivity contribution in [1.29, 1.82) is 0 Å². The lowest BCUT2D eigenvalue weighted by Crippen LogP contribution is -2.44. The fourth-order valence-corrected chi connectivity index (χ4v) is 3.51. The molecule has 4 rings (SSSR count). The van der Waals surface area contributed by atoms with E-state index in [-0.39, 0.29) is 23.2 Å². The van der Waals surface area contributed by atoms with Crippen LogP contribution in [0.2, 0.25) is 0 Å². The highest BCUT2D eigenvalue weighted by molar-refractivity contribution is 5.58. The number of ether oxygens (including phenoxy) is 2. The molecule has 1 aromatic carbocycles. The van der Waals surface area contributed by atoms with Gasteiger partial charge in [0.1, 0.15) is 17.1 Å². The van der Waals surface area contributed by atoms with Gasteiger partial charge in [-0.1, -0.05) is 13.0 Å². The number of anilines is 3. The molecule has 2 aliphatic rings. The van der Waals surface area contributed by atoms with Gasteiger partial charge in [0.25, 0.3) is 0 Å². The summed E-state index contributed by atoms with van der Waals surface area (Å²) in [5.74, 6) is 0.511. The van der Waals surface area contributed by atoms with Crippen molar-refractivity contribution >= 4 is 17.5 Å². The third kappa shape index (κ3) is 5.56. The van der Waals surface area contributed by atoms with Crippen molar-refractivity contribution in [1.82, 2.24) is 15.3 Å². The summed E-state index contributed by atoms with van der Waals surface area (Å²) in [4.78, 5) is 8.00. The van der Waals surface area contributed by atoms with Crippen molar-refractivity contribution in [2.24, 2.45) is 5.41 Å². The molecule has 0 radical (unpaired) electrons. The number of nitrogens with one attached hydrogen (secondary N) is 3. The fraction of sp³-hybridized carbons (Fsp3) is 0.524. The molecule has 1 aromatic heterocycles. The molecule has 0 amide bonds. The van der Waals surface area contributed by atoms with Crippen LogP contribution >= 0.6 is 0 Å². The molecule has 0 unspecified atom stereocenters. The first-order valence-electron chi connectivity index (χ1n) is 10.3.